The highest BCUT2D eigenvalue weighted by atomic mass is 15.6. The number of benzene rings is 1. The van der Waals surface area contributed by atoms with Gasteiger partial charge in [0.2, 0.25) is 0 Å². The van der Waals surface area contributed by atoms with Crippen molar-refractivity contribution in [2.45, 2.75) is 0 Å². The summed E-state index contributed by atoms with van der Waals surface area (Å²) in [4.78, 5) is 0. The molecule has 0 saturated carbocycles. The Kier molecular flexibility index (Phi) is 2.59. The summed E-state index contributed by atoms with van der Waals surface area (Å²) in [6.45, 7) is 0. The number of aromatic nitrogens is 4. The number of hydrogen-bond acceptors (Lipinski definition) is 5. The van der Waals surface area contributed by atoms with Gasteiger partial charge in [-0.3, -0.25) is 5.43 Å². The van der Waals surface area contributed by atoms with Crippen LogP contribution in [0, 0.1) is 0 Å². The lowest BCUT2D eigenvalue weighted by Gasteiger charge is -2.12. The van der Waals surface area contributed by atoms with E-state index >= 15 is 0 Å². The maximum absolute atomic E-state index is 3.91. The second-order valence-corrected chi connectivity index (χ2v) is 3.26. The quantitative estimate of drug-likeness (QED) is 0.740. The van der Waals surface area contributed by atoms with Crippen molar-refractivity contribution in [3.63, 3.8) is 0 Å². The summed E-state index contributed by atoms with van der Waals surface area (Å²) < 4.78 is 1.64. The zero-order valence-corrected chi connectivity index (χ0v) is 8.62. The first-order chi connectivity index (χ1) is 7.27. The minimum absolute atomic E-state index is 0.589. The average Bonchev–Trinajstić information content (AvgIpc) is 2.66. The maximum atomic E-state index is 3.91. The van der Waals surface area contributed by atoms with Crippen LogP contribution in [0.2, 0.25) is 0 Å². The van der Waals surface area contributed by atoms with Gasteiger partial charge in [0.1, 0.15) is 0 Å². The van der Waals surface area contributed by atoms with Crippen LogP contribution in [0.1, 0.15) is 0 Å². The van der Waals surface area contributed by atoms with E-state index in [-0.39, 0.29) is 0 Å². The third kappa shape index (κ3) is 2.10. The van der Waals surface area contributed by atoms with Crippen LogP contribution in [-0.2, 0) is 0 Å². The molecule has 0 fully saturated rings. The monoisotopic (exact) mass is 204 g/mol. The minimum Gasteiger partial charge on any atom is -0.286 e. The first-order valence-corrected chi connectivity index (χ1v) is 4.55. The van der Waals surface area contributed by atoms with Gasteiger partial charge in [0.25, 0.3) is 5.95 Å². The molecule has 0 unspecified atom stereocenters. The lowest BCUT2D eigenvalue weighted by Crippen LogP contribution is -2.22. The average molecular weight is 204 g/mol. The smallest absolute Gasteiger partial charge is 0.262 e. The van der Waals surface area contributed by atoms with Crippen molar-refractivity contribution in [2.24, 2.45) is 0 Å². The Hall–Kier alpha value is -1.95. The van der Waals surface area contributed by atoms with Gasteiger partial charge in [-0.1, -0.05) is 23.3 Å². The Labute approximate surface area is 87.5 Å². The van der Waals surface area contributed by atoms with E-state index in [1.165, 1.54) is 0 Å². The zero-order valence-electron chi connectivity index (χ0n) is 8.62. The van der Waals surface area contributed by atoms with Crippen LogP contribution >= 0.6 is 0 Å². The van der Waals surface area contributed by atoms with Gasteiger partial charge in [-0.05, 0) is 22.6 Å². The van der Waals surface area contributed by atoms with Crippen LogP contribution < -0.4 is 5.43 Å². The topological polar surface area (TPSA) is 58.9 Å². The van der Waals surface area contributed by atoms with E-state index in [0.717, 1.165) is 5.69 Å². The van der Waals surface area contributed by atoms with Gasteiger partial charge in [0.15, 0.2) is 0 Å². The number of hydrazine groups is 1. The Morgan fingerprint density at radius 3 is 2.60 bits per heavy atom. The minimum atomic E-state index is 0.589. The molecule has 0 atom stereocenters. The van der Waals surface area contributed by atoms with Crippen molar-refractivity contribution in [3.05, 3.63) is 30.3 Å². The summed E-state index contributed by atoms with van der Waals surface area (Å²) in [7, 11) is 3.76. The molecular formula is C9H12N6. The van der Waals surface area contributed by atoms with Crippen LogP contribution in [0.15, 0.2) is 30.3 Å². The second-order valence-electron chi connectivity index (χ2n) is 3.26. The molecule has 0 aliphatic rings. The van der Waals surface area contributed by atoms with E-state index in [4.69, 9.17) is 0 Å². The van der Waals surface area contributed by atoms with E-state index < -0.39 is 0 Å². The van der Waals surface area contributed by atoms with Gasteiger partial charge in [-0.2, -0.15) is 4.68 Å². The Bertz CT molecular complexity index is 421. The predicted octanol–water partition coefficient (Wildman–Crippen LogP) is 0.551. The molecule has 0 aliphatic heterocycles. The van der Waals surface area contributed by atoms with E-state index in [1.54, 1.807) is 9.69 Å². The number of anilines is 1. The van der Waals surface area contributed by atoms with Crippen LogP contribution in [0.5, 0.6) is 0 Å². The molecule has 15 heavy (non-hydrogen) atoms. The van der Waals surface area contributed by atoms with Gasteiger partial charge in [-0.25, -0.2) is 5.01 Å². The maximum Gasteiger partial charge on any atom is 0.262 e. The highest BCUT2D eigenvalue weighted by Gasteiger charge is 2.07. The third-order valence-electron chi connectivity index (χ3n) is 1.79. The van der Waals surface area contributed by atoms with E-state index in [9.17, 15) is 0 Å². The predicted molar refractivity (Wildman–Crippen MR) is 56.5 cm³/mol. The van der Waals surface area contributed by atoms with Gasteiger partial charge in [0, 0.05) is 14.1 Å². The molecule has 0 saturated heterocycles. The van der Waals surface area contributed by atoms with Crippen molar-refractivity contribution in [1.29, 1.82) is 0 Å². The van der Waals surface area contributed by atoms with E-state index in [2.05, 4.69) is 21.0 Å². The Balaban J connectivity index is 2.33. The molecule has 78 valence electrons. The fourth-order valence-electron chi connectivity index (χ4n) is 1.20. The molecule has 2 aromatic rings. The van der Waals surface area contributed by atoms with Crippen molar-refractivity contribution in [3.8, 4) is 5.69 Å². The van der Waals surface area contributed by atoms with Gasteiger partial charge in [-0.15, -0.1) is 0 Å². The molecular weight excluding hydrogens is 192 g/mol. The Morgan fingerprint density at radius 2 is 1.93 bits per heavy atom. The molecule has 0 bridgehead atoms. The van der Waals surface area contributed by atoms with Crippen LogP contribution in [-0.4, -0.2) is 39.3 Å². The number of para-hydroxylation sites is 1. The lowest BCUT2D eigenvalue weighted by atomic mass is 10.3. The zero-order chi connectivity index (χ0) is 10.7. The van der Waals surface area contributed by atoms with E-state index in [1.807, 2.05) is 44.4 Å². The fraction of sp³-hybridized carbons (Fsp3) is 0.222. The van der Waals surface area contributed by atoms with Crippen LogP contribution in [0.4, 0.5) is 5.95 Å². The lowest BCUT2D eigenvalue weighted by molar-refractivity contribution is 0.486. The van der Waals surface area contributed by atoms with Crippen molar-refractivity contribution in [1.82, 2.24) is 25.2 Å². The largest absolute Gasteiger partial charge is 0.286 e. The molecule has 1 aromatic carbocycles. The van der Waals surface area contributed by atoms with Gasteiger partial charge < -0.3 is 0 Å². The fourth-order valence-corrected chi connectivity index (χ4v) is 1.20. The second kappa shape index (κ2) is 4.05. The highest BCUT2D eigenvalue weighted by molar-refractivity contribution is 5.37. The van der Waals surface area contributed by atoms with Crippen molar-refractivity contribution in [2.75, 3.05) is 19.5 Å². The molecule has 1 N–H and O–H groups in total. The molecule has 2 rings (SSSR count). The van der Waals surface area contributed by atoms with Crippen molar-refractivity contribution >= 4 is 5.95 Å². The third-order valence-corrected chi connectivity index (χ3v) is 1.79. The molecule has 0 radical (unpaired) electrons. The Morgan fingerprint density at radius 1 is 1.20 bits per heavy atom. The highest BCUT2D eigenvalue weighted by Crippen LogP contribution is 2.10. The van der Waals surface area contributed by atoms with Crippen LogP contribution in [0.3, 0.4) is 0 Å². The molecule has 1 heterocycles. The number of rotatable bonds is 3. The van der Waals surface area contributed by atoms with Gasteiger partial charge in [0.05, 0.1) is 5.69 Å². The first kappa shape index (κ1) is 9.60. The summed E-state index contributed by atoms with van der Waals surface area (Å²) in [5.74, 6) is 0.589. The summed E-state index contributed by atoms with van der Waals surface area (Å²) >= 11 is 0. The molecule has 0 aliphatic carbocycles. The van der Waals surface area contributed by atoms with Crippen LogP contribution in [0.25, 0.3) is 5.69 Å². The summed E-state index contributed by atoms with van der Waals surface area (Å²) in [5.41, 5.74) is 3.94. The molecule has 6 heteroatoms. The first-order valence-electron chi connectivity index (χ1n) is 4.55. The number of nitrogens with zero attached hydrogens (tertiary/aromatic N) is 5. The van der Waals surface area contributed by atoms with E-state index in [0.29, 0.717) is 5.95 Å². The van der Waals surface area contributed by atoms with Gasteiger partial charge >= 0.3 is 0 Å². The molecule has 6 nitrogen and oxygen atoms in total. The summed E-state index contributed by atoms with van der Waals surface area (Å²) in [6, 6.07) is 9.72. The number of hydrogen-bond donors (Lipinski definition) is 1. The summed E-state index contributed by atoms with van der Waals surface area (Å²) in [5, 5.41) is 13.2. The van der Waals surface area contributed by atoms with Crippen molar-refractivity contribution < 1.29 is 0 Å². The summed E-state index contributed by atoms with van der Waals surface area (Å²) in [6.07, 6.45) is 0. The number of tetrazole rings is 1. The standard InChI is InChI=1S/C9H12N6/c1-14(2)11-9-10-12-13-15(9)8-6-4-3-5-7-8/h3-7H,1-2H3,(H,10,11,13). The normalized spacial score (nSPS) is 10.6. The SMILES string of the molecule is CN(C)Nc1nnnn1-c1ccccc1. The molecule has 0 amide bonds. The number of nitrogens with one attached hydrogen (secondary N) is 1. The molecule has 1 aromatic heterocycles. The molecule has 0 spiro atoms.